The van der Waals surface area contributed by atoms with E-state index in [2.05, 4.69) is 0 Å². The van der Waals surface area contributed by atoms with Gasteiger partial charge in [0.1, 0.15) is 10.6 Å². The van der Waals surface area contributed by atoms with Gasteiger partial charge in [0, 0.05) is 24.0 Å². The van der Waals surface area contributed by atoms with E-state index in [-0.39, 0.29) is 42.3 Å². The number of hydrogen-bond donors (Lipinski definition) is 0. The molecule has 196 valence electrons. The zero-order valence-corrected chi connectivity index (χ0v) is 22.2. The molecule has 36 heavy (non-hydrogen) atoms. The minimum Gasteiger partial charge on any atom is -0.490 e. The van der Waals surface area contributed by atoms with Crippen LogP contribution in [0.1, 0.15) is 44.6 Å². The van der Waals surface area contributed by atoms with Crippen LogP contribution in [0, 0.1) is 23.5 Å². The molecule has 6 nitrogen and oxygen atoms in total. The van der Waals surface area contributed by atoms with Gasteiger partial charge in [0.25, 0.3) is 0 Å². The minimum absolute atomic E-state index is 0.0491. The minimum atomic E-state index is -4.28. The first-order valence-electron chi connectivity index (χ1n) is 12.1. The SMILES string of the molecule is CCN(C[C@@H]1CCC[C@@]2(S(=O)(=O)c3ccc(Cl)cc3)c3c(F)ccc(F)c3OC[C@@H]12)S(=O)(=O)C1CC1. The fourth-order valence-electron chi connectivity index (χ4n) is 5.98. The highest BCUT2D eigenvalue weighted by atomic mass is 35.5. The number of fused-ring (bicyclic) bond motifs is 3. The molecule has 2 fully saturated rings. The smallest absolute Gasteiger partial charge is 0.216 e. The summed E-state index contributed by atoms with van der Waals surface area (Å²) >= 11 is 5.99. The van der Waals surface area contributed by atoms with Crippen LogP contribution in [0.25, 0.3) is 0 Å². The zero-order valence-electron chi connectivity index (χ0n) is 19.8. The van der Waals surface area contributed by atoms with Crippen LogP contribution in [0.5, 0.6) is 5.75 Å². The van der Waals surface area contributed by atoms with Crippen LogP contribution < -0.4 is 4.74 Å². The third-order valence-corrected chi connectivity index (χ3v) is 13.1. The van der Waals surface area contributed by atoms with E-state index in [0.29, 0.717) is 30.7 Å². The molecule has 0 aromatic heterocycles. The van der Waals surface area contributed by atoms with Crippen molar-refractivity contribution < 1.29 is 30.4 Å². The Labute approximate surface area is 215 Å². The van der Waals surface area contributed by atoms with Crippen LogP contribution in [-0.2, 0) is 24.6 Å². The summed E-state index contributed by atoms with van der Waals surface area (Å²) in [6.07, 6.45) is 2.25. The van der Waals surface area contributed by atoms with Crippen molar-refractivity contribution in [1.29, 1.82) is 0 Å². The highest BCUT2D eigenvalue weighted by molar-refractivity contribution is 7.92. The van der Waals surface area contributed by atoms with Crippen LogP contribution >= 0.6 is 11.6 Å². The fraction of sp³-hybridized carbons (Fsp3) is 0.520. The molecule has 0 bridgehead atoms. The van der Waals surface area contributed by atoms with Gasteiger partial charge in [0.15, 0.2) is 21.4 Å². The summed E-state index contributed by atoms with van der Waals surface area (Å²) in [5.74, 6) is -3.27. The van der Waals surface area contributed by atoms with Gasteiger partial charge < -0.3 is 4.74 Å². The third kappa shape index (κ3) is 3.95. The highest BCUT2D eigenvalue weighted by Crippen LogP contribution is 2.58. The molecule has 0 amide bonds. The first-order chi connectivity index (χ1) is 17.0. The average molecular weight is 560 g/mol. The lowest BCUT2D eigenvalue weighted by Crippen LogP contribution is -2.56. The molecule has 2 saturated carbocycles. The fourth-order valence-corrected chi connectivity index (χ4v) is 10.5. The van der Waals surface area contributed by atoms with Gasteiger partial charge in [0.05, 0.1) is 22.3 Å². The van der Waals surface area contributed by atoms with Crippen molar-refractivity contribution in [2.45, 2.75) is 53.9 Å². The van der Waals surface area contributed by atoms with E-state index >= 15 is 4.39 Å². The van der Waals surface area contributed by atoms with Gasteiger partial charge in [-0.1, -0.05) is 24.9 Å². The summed E-state index contributed by atoms with van der Waals surface area (Å²) in [5, 5.41) is -0.0588. The van der Waals surface area contributed by atoms with E-state index < -0.39 is 53.3 Å². The molecular formula is C25H28ClF2NO5S2. The molecule has 0 N–H and O–H groups in total. The number of benzene rings is 2. The normalized spacial score (nSPS) is 26.2. The van der Waals surface area contributed by atoms with Crippen molar-refractivity contribution in [2.75, 3.05) is 19.7 Å². The molecule has 5 rings (SSSR count). The second-order valence-electron chi connectivity index (χ2n) is 9.84. The molecule has 3 aliphatic rings. The number of sulfone groups is 1. The molecule has 0 radical (unpaired) electrons. The first-order valence-corrected chi connectivity index (χ1v) is 15.5. The molecular weight excluding hydrogens is 532 g/mol. The van der Waals surface area contributed by atoms with Crippen molar-refractivity contribution in [3.63, 3.8) is 0 Å². The maximum absolute atomic E-state index is 15.5. The van der Waals surface area contributed by atoms with Crippen molar-refractivity contribution in [3.05, 3.63) is 58.6 Å². The monoisotopic (exact) mass is 559 g/mol. The Morgan fingerprint density at radius 3 is 2.33 bits per heavy atom. The number of sulfonamides is 1. The highest BCUT2D eigenvalue weighted by Gasteiger charge is 2.61. The van der Waals surface area contributed by atoms with Crippen molar-refractivity contribution >= 4 is 31.5 Å². The largest absolute Gasteiger partial charge is 0.490 e. The Bertz CT molecular complexity index is 1380. The third-order valence-electron chi connectivity index (χ3n) is 7.88. The standard InChI is InChI=1S/C25H28ClF2NO5S2/c1-2-29(36(32,33)19-9-10-19)14-16-4-3-13-25(35(30,31)18-7-5-17(26)6-8-18)20(16)15-34-24-22(28)12-11-21(27)23(24)25/h5-8,11-12,16,19-20H,2-4,9-10,13-15H2,1H3/t16-,20-,25-/m0/s1. The van der Waals surface area contributed by atoms with Gasteiger partial charge in [-0.2, -0.15) is 0 Å². The summed E-state index contributed by atoms with van der Waals surface area (Å²) < 4.78 is 90.5. The van der Waals surface area contributed by atoms with E-state index in [9.17, 15) is 21.2 Å². The lowest BCUT2D eigenvalue weighted by molar-refractivity contribution is 0.0659. The molecule has 0 spiro atoms. The number of nitrogens with zero attached hydrogens (tertiary/aromatic N) is 1. The molecule has 2 aromatic carbocycles. The van der Waals surface area contributed by atoms with Crippen LogP contribution in [-0.4, -0.2) is 46.1 Å². The van der Waals surface area contributed by atoms with Crippen molar-refractivity contribution in [1.82, 2.24) is 4.31 Å². The van der Waals surface area contributed by atoms with Gasteiger partial charge in [-0.15, -0.1) is 0 Å². The van der Waals surface area contributed by atoms with Crippen LogP contribution in [0.3, 0.4) is 0 Å². The molecule has 0 saturated heterocycles. The Balaban J connectivity index is 1.67. The molecule has 2 aliphatic carbocycles. The quantitative estimate of drug-likeness (QED) is 0.481. The lowest BCUT2D eigenvalue weighted by atomic mass is 9.67. The van der Waals surface area contributed by atoms with E-state index in [1.54, 1.807) is 6.92 Å². The summed E-state index contributed by atoms with van der Waals surface area (Å²) in [4.78, 5) is -0.0491. The van der Waals surface area contributed by atoms with Crippen LogP contribution in [0.15, 0.2) is 41.3 Å². The first kappa shape index (κ1) is 25.9. The predicted molar refractivity (Wildman–Crippen MR) is 132 cm³/mol. The summed E-state index contributed by atoms with van der Waals surface area (Å²) in [5.41, 5.74) is -0.300. The molecule has 11 heteroatoms. The molecule has 1 heterocycles. The average Bonchev–Trinajstić information content (AvgIpc) is 3.70. The van der Waals surface area contributed by atoms with Gasteiger partial charge in [-0.05, 0) is 68.0 Å². The molecule has 1 aliphatic heterocycles. The zero-order chi connectivity index (χ0) is 25.9. The Hall–Kier alpha value is -1.75. The maximum Gasteiger partial charge on any atom is 0.216 e. The Morgan fingerprint density at radius 2 is 1.69 bits per heavy atom. The van der Waals surface area contributed by atoms with Gasteiger partial charge >= 0.3 is 0 Å². The van der Waals surface area contributed by atoms with Gasteiger partial charge in [0.2, 0.25) is 10.0 Å². The second-order valence-corrected chi connectivity index (χ2v) is 14.7. The number of hydrogen-bond acceptors (Lipinski definition) is 5. The lowest BCUT2D eigenvalue weighted by Gasteiger charge is -2.51. The Kier molecular flexibility index (Phi) is 6.63. The number of halogens is 3. The van der Waals surface area contributed by atoms with Crippen LogP contribution in [0.4, 0.5) is 8.78 Å². The van der Waals surface area contributed by atoms with E-state index in [1.807, 2.05) is 0 Å². The van der Waals surface area contributed by atoms with E-state index in [1.165, 1.54) is 28.6 Å². The second kappa shape index (κ2) is 9.22. The van der Waals surface area contributed by atoms with Gasteiger partial charge in [-0.3, -0.25) is 0 Å². The number of ether oxygens (including phenoxy) is 1. The summed E-state index contributed by atoms with van der Waals surface area (Å²) in [6, 6.07) is 7.49. The maximum atomic E-state index is 15.5. The van der Waals surface area contributed by atoms with E-state index in [0.717, 1.165) is 12.1 Å². The van der Waals surface area contributed by atoms with Gasteiger partial charge in [-0.25, -0.2) is 29.9 Å². The Morgan fingerprint density at radius 1 is 1.03 bits per heavy atom. The summed E-state index contributed by atoms with van der Waals surface area (Å²) in [7, 11) is -7.79. The van der Waals surface area contributed by atoms with E-state index in [4.69, 9.17) is 16.3 Å². The van der Waals surface area contributed by atoms with Crippen LogP contribution in [0.2, 0.25) is 5.02 Å². The number of rotatable bonds is 7. The summed E-state index contributed by atoms with van der Waals surface area (Å²) in [6.45, 7) is 1.95. The molecule has 0 unspecified atom stereocenters. The topological polar surface area (TPSA) is 80.8 Å². The molecule has 3 atom stereocenters. The van der Waals surface area contributed by atoms with Crippen molar-refractivity contribution in [3.8, 4) is 5.75 Å². The predicted octanol–water partition coefficient (Wildman–Crippen LogP) is 4.91. The molecule has 2 aromatic rings. The van der Waals surface area contributed by atoms with Crippen molar-refractivity contribution in [2.24, 2.45) is 11.8 Å².